The van der Waals surface area contributed by atoms with Gasteiger partial charge in [0.25, 0.3) is 0 Å². The number of likely N-dealkylation sites (N-methyl/N-ethyl adjacent to an activating group) is 1. The third-order valence-electron chi connectivity index (χ3n) is 1.32. The van der Waals surface area contributed by atoms with Crippen molar-refractivity contribution in [2.75, 3.05) is 13.7 Å². The number of nitrogens with one attached hydrogen (secondary N) is 1. The average Bonchev–Trinajstić information content (AvgIpc) is 2.00. The molecule has 0 aromatic carbocycles. The summed E-state index contributed by atoms with van der Waals surface area (Å²) < 4.78 is 4.58. The number of rotatable bonds is 5. The van der Waals surface area contributed by atoms with E-state index in [1.807, 2.05) is 0 Å². The molecular formula is C7H13NO4. The van der Waals surface area contributed by atoms with Gasteiger partial charge >= 0.3 is 11.9 Å². The predicted molar refractivity (Wildman–Crippen MR) is 41.7 cm³/mol. The molecule has 1 unspecified atom stereocenters. The summed E-state index contributed by atoms with van der Waals surface area (Å²) in [5.74, 6) is -1.55. The van der Waals surface area contributed by atoms with Gasteiger partial charge in [-0.1, -0.05) is 0 Å². The van der Waals surface area contributed by atoms with E-state index in [2.05, 4.69) is 10.1 Å². The van der Waals surface area contributed by atoms with Crippen molar-refractivity contribution in [3.8, 4) is 0 Å². The first-order valence-electron chi connectivity index (χ1n) is 3.67. The number of carbonyl (C=O) groups excluding carboxylic acids is 1. The third-order valence-corrected chi connectivity index (χ3v) is 1.32. The molecule has 0 aliphatic heterocycles. The Morgan fingerprint density at radius 1 is 1.58 bits per heavy atom. The Labute approximate surface area is 70.7 Å². The van der Waals surface area contributed by atoms with Crippen molar-refractivity contribution in [1.29, 1.82) is 0 Å². The first-order chi connectivity index (χ1) is 5.61. The molecule has 5 nitrogen and oxygen atoms in total. The second-order valence-electron chi connectivity index (χ2n) is 2.19. The van der Waals surface area contributed by atoms with Crippen molar-refractivity contribution in [2.45, 2.75) is 19.4 Å². The Kier molecular flexibility index (Phi) is 5.03. The standard InChI is InChI=1S/C7H13NO4/c1-3-12-6(9)4-5(8-2)7(10)11/h5,8H,3-4H2,1-2H3,(H,10,11). The van der Waals surface area contributed by atoms with Crippen LogP contribution in [-0.2, 0) is 14.3 Å². The largest absolute Gasteiger partial charge is 0.480 e. The van der Waals surface area contributed by atoms with Crippen LogP contribution in [0.25, 0.3) is 0 Å². The topological polar surface area (TPSA) is 75.6 Å². The molecule has 0 aliphatic rings. The number of aliphatic carboxylic acids is 1. The van der Waals surface area contributed by atoms with Crippen molar-refractivity contribution < 1.29 is 19.4 Å². The van der Waals surface area contributed by atoms with Crippen LogP contribution in [0.1, 0.15) is 13.3 Å². The summed E-state index contributed by atoms with van der Waals surface area (Å²) in [7, 11) is 1.48. The zero-order valence-corrected chi connectivity index (χ0v) is 7.16. The lowest BCUT2D eigenvalue weighted by Gasteiger charge is -2.09. The highest BCUT2D eigenvalue weighted by atomic mass is 16.5. The fourth-order valence-corrected chi connectivity index (χ4v) is 0.699. The van der Waals surface area contributed by atoms with Crippen LogP contribution in [0, 0.1) is 0 Å². The second kappa shape index (κ2) is 5.54. The van der Waals surface area contributed by atoms with Gasteiger partial charge in [-0.25, -0.2) is 0 Å². The van der Waals surface area contributed by atoms with Crippen molar-refractivity contribution >= 4 is 11.9 Å². The zero-order chi connectivity index (χ0) is 9.56. The summed E-state index contributed by atoms with van der Waals surface area (Å²) >= 11 is 0. The van der Waals surface area contributed by atoms with E-state index in [0.717, 1.165) is 0 Å². The quantitative estimate of drug-likeness (QED) is 0.557. The first-order valence-corrected chi connectivity index (χ1v) is 3.67. The highest BCUT2D eigenvalue weighted by molar-refractivity contribution is 5.81. The molecule has 2 N–H and O–H groups in total. The third kappa shape index (κ3) is 3.92. The van der Waals surface area contributed by atoms with E-state index < -0.39 is 18.0 Å². The van der Waals surface area contributed by atoms with E-state index in [1.54, 1.807) is 6.92 Å². The number of esters is 1. The molecule has 0 spiro atoms. The number of ether oxygens (including phenoxy) is 1. The summed E-state index contributed by atoms with van der Waals surface area (Å²) in [6.07, 6.45) is -0.139. The van der Waals surface area contributed by atoms with Crippen molar-refractivity contribution in [2.24, 2.45) is 0 Å². The maximum Gasteiger partial charge on any atom is 0.321 e. The summed E-state index contributed by atoms with van der Waals surface area (Å²) in [6.45, 7) is 1.95. The molecule has 0 bridgehead atoms. The number of carbonyl (C=O) groups is 2. The minimum absolute atomic E-state index is 0.139. The molecule has 0 heterocycles. The smallest absolute Gasteiger partial charge is 0.321 e. The Morgan fingerprint density at radius 3 is 2.50 bits per heavy atom. The van der Waals surface area contributed by atoms with E-state index in [9.17, 15) is 9.59 Å². The molecule has 0 aliphatic carbocycles. The lowest BCUT2D eigenvalue weighted by Crippen LogP contribution is -2.36. The van der Waals surface area contributed by atoms with Gasteiger partial charge in [0.05, 0.1) is 13.0 Å². The van der Waals surface area contributed by atoms with Gasteiger partial charge in [0.2, 0.25) is 0 Å². The van der Waals surface area contributed by atoms with E-state index in [4.69, 9.17) is 5.11 Å². The lowest BCUT2D eigenvalue weighted by molar-refractivity contribution is -0.149. The molecule has 0 radical (unpaired) electrons. The Balaban J connectivity index is 3.85. The van der Waals surface area contributed by atoms with Crippen LogP contribution in [0.3, 0.4) is 0 Å². The van der Waals surface area contributed by atoms with Crippen molar-refractivity contribution in [3.05, 3.63) is 0 Å². The molecular weight excluding hydrogens is 162 g/mol. The molecule has 5 heteroatoms. The Morgan fingerprint density at radius 2 is 2.17 bits per heavy atom. The summed E-state index contributed by atoms with van der Waals surface area (Å²) in [5, 5.41) is 11.0. The summed E-state index contributed by atoms with van der Waals surface area (Å²) in [4.78, 5) is 21.2. The molecule has 0 aromatic heterocycles. The van der Waals surface area contributed by atoms with E-state index in [0.29, 0.717) is 0 Å². The molecule has 70 valence electrons. The highest BCUT2D eigenvalue weighted by Crippen LogP contribution is 1.94. The molecule has 12 heavy (non-hydrogen) atoms. The normalized spacial score (nSPS) is 12.2. The van der Waals surface area contributed by atoms with Gasteiger partial charge in [-0.05, 0) is 14.0 Å². The Hall–Kier alpha value is -1.10. The molecule has 1 atom stereocenters. The van der Waals surface area contributed by atoms with Crippen LogP contribution >= 0.6 is 0 Å². The monoisotopic (exact) mass is 175 g/mol. The van der Waals surface area contributed by atoms with Gasteiger partial charge in [-0.2, -0.15) is 0 Å². The predicted octanol–water partition coefficient (Wildman–Crippen LogP) is -0.388. The lowest BCUT2D eigenvalue weighted by atomic mass is 10.2. The van der Waals surface area contributed by atoms with Crippen LogP contribution in [0.4, 0.5) is 0 Å². The number of hydrogen-bond donors (Lipinski definition) is 2. The van der Waals surface area contributed by atoms with Crippen LogP contribution in [-0.4, -0.2) is 36.7 Å². The number of carboxylic acid groups (broad SMARTS) is 1. The van der Waals surface area contributed by atoms with Gasteiger partial charge in [-0.3, -0.25) is 9.59 Å². The minimum Gasteiger partial charge on any atom is -0.480 e. The maximum atomic E-state index is 10.8. The summed E-state index contributed by atoms with van der Waals surface area (Å²) in [6, 6.07) is -0.857. The second-order valence-corrected chi connectivity index (χ2v) is 2.19. The van der Waals surface area contributed by atoms with Gasteiger partial charge in [0, 0.05) is 0 Å². The molecule has 0 aromatic rings. The van der Waals surface area contributed by atoms with Crippen LogP contribution < -0.4 is 5.32 Å². The SMILES string of the molecule is CCOC(=O)CC(NC)C(=O)O. The molecule has 0 amide bonds. The van der Waals surface area contributed by atoms with Gasteiger partial charge in [-0.15, -0.1) is 0 Å². The fraction of sp³-hybridized carbons (Fsp3) is 0.714. The number of carboxylic acids is 1. The highest BCUT2D eigenvalue weighted by Gasteiger charge is 2.19. The van der Waals surface area contributed by atoms with Crippen LogP contribution in [0.2, 0.25) is 0 Å². The first kappa shape index (κ1) is 10.9. The van der Waals surface area contributed by atoms with Crippen molar-refractivity contribution in [3.63, 3.8) is 0 Å². The zero-order valence-electron chi connectivity index (χ0n) is 7.16. The van der Waals surface area contributed by atoms with E-state index in [1.165, 1.54) is 7.05 Å². The Bertz CT molecular complexity index is 169. The fourth-order valence-electron chi connectivity index (χ4n) is 0.699. The number of hydrogen-bond acceptors (Lipinski definition) is 4. The van der Waals surface area contributed by atoms with E-state index >= 15 is 0 Å². The van der Waals surface area contributed by atoms with Gasteiger partial charge < -0.3 is 15.2 Å². The average molecular weight is 175 g/mol. The van der Waals surface area contributed by atoms with E-state index in [-0.39, 0.29) is 13.0 Å². The molecule has 0 rings (SSSR count). The van der Waals surface area contributed by atoms with Crippen molar-refractivity contribution in [1.82, 2.24) is 5.32 Å². The van der Waals surface area contributed by atoms with Gasteiger partial charge in [0.15, 0.2) is 0 Å². The molecule has 0 saturated heterocycles. The van der Waals surface area contributed by atoms with Crippen LogP contribution in [0.5, 0.6) is 0 Å². The molecule has 0 fully saturated rings. The maximum absolute atomic E-state index is 10.8. The minimum atomic E-state index is -1.05. The summed E-state index contributed by atoms with van der Waals surface area (Å²) in [5.41, 5.74) is 0. The van der Waals surface area contributed by atoms with Gasteiger partial charge in [0.1, 0.15) is 6.04 Å². The van der Waals surface area contributed by atoms with Crippen LogP contribution in [0.15, 0.2) is 0 Å². The molecule has 0 saturated carbocycles.